The van der Waals surface area contributed by atoms with E-state index in [0.717, 1.165) is 21.2 Å². The lowest BCUT2D eigenvalue weighted by atomic mass is 10.1. The number of halogens is 1. The molecule has 2 N–H and O–H groups in total. The quantitative estimate of drug-likeness (QED) is 0.251. The molecule has 0 unspecified atom stereocenters. The van der Waals surface area contributed by atoms with Crippen molar-refractivity contribution in [2.45, 2.75) is 17.0 Å². The van der Waals surface area contributed by atoms with Crippen LogP contribution in [-0.4, -0.2) is 22.0 Å². The van der Waals surface area contributed by atoms with Crippen LogP contribution in [0.15, 0.2) is 69.6 Å². The van der Waals surface area contributed by atoms with Crippen LogP contribution in [0, 0.1) is 6.92 Å². The highest BCUT2D eigenvalue weighted by Crippen LogP contribution is 2.29. The minimum atomic E-state index is -0.387. The molecule has 0 saturated heterocycles. The number of carbonyl (C=O) groups is 2. The number of anilines is 2. The highest BCUT2D eigenvalue weighted by atomic mass is 35.5. The Kier molecular flexibility index (Phi) is 6.89. The third kappa shape index (κ3) is 5.56. The van der Waals surface area contributed by atoms with Crippen molar-refractivity contribution in [1.82, 2.24) is 10.2 Å². The van der Waals surface area contributed by atoms with Crippen molar-refractivity contribution in [2.24, 2.45) is 0 Å². The van der Waals surface area contributed by atoms with Crippen molar-refractivity contribution in [3.8, 4) is 0 Å². The molecule has 32 heavy (non-hydrogen) atoms. The average Bonchev–Trinajstić information content (AvgIpc) is 3.47. The van der Waals surface area contributed by atoms with Gasteiger partial charge in [0.05, 0.1) is 6.26 Å². The van der Waals surface area contributed by atoms with Gasteiger partial charge >= 0.3 is 0 Å². The molecule has 0 spiro atoms. The van der Waals surface area contributed by atoms with Crippen LogP contribution >= 0.6 is 34.7 Å². The first-order valence-corrected chi connectivity index (χ1v) is 11.6. The van der Waals surface area contributed by atoms with Gasteiger partial charge in [-0.25, -0.2) is 0 Å². The molecule has 0 saturated carbocycles. The van der Waals surface area contributed by atoms with Gasteiger partial charge in [0.1, 0.15) is 0 Å². The molecule has 10 heteroatoms. The number of nitrogens with one attached hydrogen (secondary N) is 2. The van der Waals surface area contributed by atoms with E-state index in [9.17, 15) is 9.59 Å². The summed E-state index contributed by atoms with van der Waals surface area (Å²) in [6.07, 6.45) is 1.43. The zero-order valence-corrected chi connectivity index (χ0v) is 19.2. The van der Waals surface area contributed by atoms with Gasteiger partial charge in [0, 0.05) is 22.0 Å². The van der Waals surface area contributed by atoms with Crippen LogP contribution < -0.4 is 10.6 Å². The van der Waals surface area contributed by atoms with Gasteiger partial charge in [-0.1, -0.05) is 52.9 Å². The van der Waals surface area contributed by atoms with Crippen LogP contribution in [0.1, 0.15) is 32.0 Å². The highest BCUT2D eigenvalue weighted by molar-refractivity contribution is 8.00. The Morgan fingerprint density at radius 1 is 1.06 bits per heavy atom. The predicted molar refractivity (Wildman–Crippen MR) is 127 cm³/mol. The summed E-state index contributed by atoms with van der Waals surface area (Å²) in [5.41, 5.74) is 2.84. The largest absolute Gasteiger partial charge is 0.459 e. The number of nitrogens with zero attached hydrogens (tertiary/aromatic N) is 2. The molecular formula is C22H17ClN4O3S2. The summed E-state index contributed by atoms with van der Waals surface area (Å²) in [7, 11) is 0. The molecule has 0 atom stereocenters. The molecule has 0 bridgehead atoms. The fourth-order valence-electron chi connectivity index (χ4n) is 2.70. The lowest BCUT2D eigenvalue weighted by Gasteiger charge is -2.09. The summed E-state index contributed by atoms with van der Waals surface area (Å²) >= 11 is 8.73. The number of benzene rings is 2. The van der Waals surface area contributed by atoms with E-state index >= 15 is 0 Å². The molecule has 162 valence electrons. The van der Waals surface area contributed by atoms with Gasteiger partial charge in [0.25, 0.3) is 11.8 Å². The fraction of sp³-hybridized carbons (Fsp3) is 0.0909. The van der Waals surface area contributed by atoms with Gasteiger partial charge < -0.3 is 9.73 Å². The van der Waals surface area contributed by atoms with Crippen molar-refractivity contribution in [2.75, 3.05) is 10.6 Å². The number of hydrogen-bond donors (Lipinski definition) is 2. The zero-order valence-electron chi connectivity index (χ0n) is 16.8. The third-order valence-electron chi connectivity index (χ3n) is 4.40. The number of amides is 2. The van der Waals surface area contributed by atoms with Gasteiger partial charge in [-0.2, -0.15) is 0 Å². The Hall–Kier alpha value is -3.14. The number of carbonyl (C=O) groups excluding carboxylic acids is 2. The normalized spacial score (nSPS) is 10.7. The van der Waals surface area contributed by atoms with Gasteiger partial charge in [-0.3, -0.25) is 14.9 Å². The van der Waals surface area contributed by atoms with Crippen LogP contribution in [0.3, 0.4) is 0 Å². The summed E-state index contributed by atoms with van der Waals surface area (Å²) in [5.74, 6) is 0.180. The number of rotatable bonds is 7. The van der Waals surface area contributed by atoms with Gasteiger partial charge in [0.2, 0.25) is 5.13 Å². The molecule has 7 nitrogen and oxygen atoms in total. The van der Waals surface area contributed by atoms with Crippen LogP contribution in [0.2, 0.25) is 5.02 Å². The molecule has 0 aliphatic heterocycles. The Bertz CT molecular complexity index is 1240. The van der Waals surface area contributed by atoms with E-state index in [4.69, 9.17) is 16.0 Å². The van der Waals surface area contributed by atoms with E-state index in [1.807, 2.05) is 31.2 Å². The number of hydrogen-bond acceptors (Lipinski definition) is 7. The van der Waals surface area contributed by atoms with Crippen molar-refractivity contribution in [3.63, 3.8) is 0 Å². The molecule has 2 aromatic carbocycles. The van der Waals surface area contributed by atoms with E-state index < -0.39 is 0 Å². The number of furan rings is 1. The molecule has 0 aliphatic rings. The zero-order chi connectivity index (χ0) is 22.5. The predicted octanol–water partition coefficient (Wildman–Crippen LogP) is 5.89. The van der Waals surface area contributed by atoms with Gasteiger partial charge in [-0.05, 0) is 54.4 Å². The molecule has 2 heterocycles. The standard InChI is InChI=1S/C22H17ClN4O3S2/c1-13-4-7-15(11-17(13)24-20(29)18-3-2-10-30-18)19(28)25-21-26-27-22(32-21)31-12-14-5-8-16(23)9-6-14/h2-11H,12H2,1H3,(H,24,29)(H,25,26,28). The molecule has 2 amide bonds. The average molecular weight is 485 g/mol. The Balaban J connectivity index is 1.38. The number of aromatic nitrogens is 2. The highest BCUT2D eigenvalue weighted by Gasteiger charge is 2.15. The maximum Gasteiger partial charge on any atom is 0.291 e. The molecule has 0 radical (unpaired) electrons. The SMILES string of the molecule is Cc1ccc(C(=O)Nc2nnc(SCc3ccc(Cl)cc3)s2)cc1NC(=O)c1ccco1. The monoisotopic (exact) mass is 484 g/mol. The van der Waals surface area contributed by atoms with Crippen LogP contribution in [0.4, 0.5) is 10.8 Å². The molecule has 0 fully saturated rings. The molecular weight excluding hydrogens is 468 g/mol. The summed E-state index contributed by atoms with van der Waals surface area (Å²) in [6, 6.07) is 15.9. The second-order valence-corrected chi connectivity index (χ2v) is 9.34. The summed E-state index contributed by atoms with van der Waals surface area (Å²) in [6.45, 7) is 1.84. The minimum Gasteiger partial charge on any atom is -0.459 e. The first-order valence-electron chi connectivity index (χ1n) is 9.45. The Morgan fingerprint density at radius 2 is 1.88 bits per heavy atom. The first-order chi connectivity index (χ1) is 15.5. The molecule has 4 rings (SSSR count). The fourth-order valence-corrected chi connectivity index (χ4v) is 4.53. The minimum absolute atomic E-state index is 0.191. The number of aryl methyl sites for hydroxylation is 1. The van der Waals surface area contributed by atoms with E-state index in [2.05, 4.69) is 20.8 Å². The second kappa shape index (κ2) is 9.99. The van der Waals surface area contributed by atoms with E-state index in [1.54, 1.807) is 30.3 Å². The number of thioether (sulfide) groups is 1. The first kappa shape index (κ1) is 22.1. The van der Waals surface area contributed by atoms with Crippen molar-refractivity contribution in [3.05, 3.63) is 88.3 Å². The molecule has 0 aliphatic carbocycles. The van der Waals surface area contributed by atoms with Crippen LogP contribution in [0.5, 0.6) is 0 Å². The lowest BCUT2D eigenvalue weighted by molar-refractivity contribution is 0.0993. The maximum absolute atomic E-state index is 12.7. The van der Waals surface area contributed by atoms with E-state index in [-0.39, 0.29) is 17.6 Å². The van der Waals surface area contributed by atoms with Gasteiger partial charge in [0.15, 0.2) is 10.1 Å². The summed E-state index contributed by atoms with van der Waals surface area (Å²) in [5, 5.41) is 14.8. The van der Waals surface area contributed by atoms with Crippen LogP contribution in [-0.2, 0) is 5.75 Å². The smallest absolute Gasteiger partial charge is 0.291 e. The van der Waals surface area contributed by atoms with Crippen molar-refractivity contribution < 1.29 is 14.0 Å². The summed E-state index contributed by atoms with van der Waals surface area (Å²) < 4.78 is 5.85. The Labute approximate surface area is 197 Å². The maximum atomic E-state index is 12.7. The second-order valence-electron chi connectivity index (χ2n) is 6.70. The lowest BCUT2D eigenvalue weighted by Crippen LogP contribution is -2.15. The van der Waals surface area contributed by atoms with Crippen molar-refractivity contribution >= 4 is 57.3 Å². The van der Waals surface area contributed by atoms with E-state index in [0.29, 0.717) is 21.4 Å². The molecule has 2 aromatic heterocycles. The van der Waals surface area contributed by atoms with Crippen LogP contribution in [0.25, 0.3) is 0 Å². The topological polar surface area (TPSA) is 97.1 Å². The van der Waals surface area contributed by atoms with Crippen molar-refractivity contribution in [1.29, 1.82) is 0 Å². The molecule has 4 aromatic rings. The Morgan fingerprint density at radius 3 is 2.62 bits per heavy atom. The summed E-state index contributed by atoms with van der Waals surface area (Å²) in [4.78, 5) is 24.9. The third-order valence-corrected chi connectivity index (χ3v) is 6.69. The van der Waals surface area contributed by atoms with E-state index in [1.165, 1.54) is 29.4 Å². The van der Waals surface area contributed by atoms with Gasteiger partial charge in [-0.15, -0.1) is 10.2 Å².